The zero-order valence-electron chi connectivity index (χ0n) is 10.5. The van der Waals surface area contributed by atoms with E-state index in [1.807, 2.05) is 6.92 Å². The predicted octanol–water partition coefficient (Wildman–Crippen LogP) is 0.965. The van der Waals surface area contributed by atoms with Crippen molar-refractivity contribution in [3.63, 3.8) is 0 Å². The van der Waals surface area contributed by atoms with E-state index in [1.165, 1.54) is 11.0 Å². The summed E-state index contributed by atoms with van der Waals surface area (Å²) in [7, 11) is 0. The van der Waals surface area contributed by atoms with Gasteiger partial charge in [-0.15, -0.1) is 0 Å². The maximum Gasteiger partial charge on any atom is 0.335 e. The molecule has 1 aliphatic heterocycles. The van der Waals surface area contributed by atoms with Crippen LogP contribution in [0.3, 0.4) is 0 Å². The molecule has 0 aromatic carbocycles. The summed E-state index contributed by atoms with van der Waals surface area (Å²) >= 11 is 0. The van der Waals surface area contributed by atoms with Gasteiger partial charge in [-0.1, -0.05) is 6.92 Å². The second-order valence-electron chi connectivity index (χ2n) is 4.74. The Bertz CT molecular complexity index is 530. The minimum atomic E-state index is -1.00. The fourth-order valence-corrected chi connectivity index (χ4v) is 2.44. The SMILES string of the molecule is CC1CCCN(C(=O)c2ccc(=O)oc2)C1C(=O)O. The maximum absolute atomic E-state index is 12.3. The third-order valence-corrected chi connectivity index (χ3v) is 3.40. The maximum atomic E-state index is 12.3. The molecule has 0 saturated carbocycles. The van der Waals surface area contributed by atoms with Gasteiger partial charge in [0.15, 0.2) is 0 Å². The highest BCUT2D eigenvalue weighted by molar-refractivity contribution is 5.96. The van der Waals surface area contributed by atoms with Crippen LogP contribution in [0.2, 0.25) is 0 Å². The largest absolute Gasteiger partial charge is 0.480 e. The van der Waals surface area contributed by atoms with E-state index in [4.69, 9.17) is 0 Å². The van der Waals surface area contributed by atoms with Crippen LogP contribution in [0.15, 0.2) is 27.6 Å². The quantitative estimate of drug-likeness (QED) is 0.860. The van der Waals surface area contributed by atoms with Crippen molar-refractivity contribution in [2.45, 2.75) is 25.8 Å². The molecule has 1 aromatic heterocycles. The van der Waals surface area contributed by atoms with Gasteiger partial charge in [0.2, 0.25) is 0 Å². The van der Waals surface area contributed by atoms with Gasteiger partial charge in [-0.2, -0.15) is 0 Å². The summed E-state index contributed by atoms with van der Waals surface area (Å²) in [6.45, 7) is 2.22. The van der Waals surface area contributed by atoms with E-state index in [-0.39, 0.29) is 11.5 Å². The lowest BCUT2D eigenvalue weighted by atomic mass is 9.90. The molecule has 102 valence electrons. The molecule has 1 N–H and O–H groups in total. The summed E-state index contributed by atoms with van der Waals surface area (Å²) in [5, 5.41) is 9.25. The molecule has 0 aliphatic carbocycles. The summed E-state index contributed by atoms with van der Waals surface area (Å²) in [4.78, 5) is 35.8. The average Bonchev–Trinajstić information content (AvgIpc) is 2.38. The average molecular weight is 265 g/mol. The molecule has 2 unspecified atom stereocenters. The Kier molecular flexibility index (Phi) is 3.69. The van der Waals surface area contributed by atoms with Crippen molar-refractivity contribution in [2.75, 3.05) is 6.54 Å². The van der Waals surface area contributed by atoms with Gasteiger partial charge in [-0.3, -0.25) is 4.79 Å². The van der Waals surface area contributed by atoms with Crippen LogP contribution in [0.25, 0.3) is 0 Å². The topological polar surface area (TPSA) is 87.8 Å². The highest BCUT2D eigenvalue weighted by Gasteiger charge is 2.37. The lowest BCUT2D eigenvalue weighted by molar-refractivity contribution is -0.145. The molecule has 1 saturated heterocycles. The number of carbonyl (C=O) groups is 2. The minimum absolute atomic E-state index is 0.0917. The molecule has 0 radical (unpaired) electrons. The van der Waals surface area contributed by atoms with E-state index >= 15 is 0 Å². The molecule has 2 rings (SSSR count). The highest BCUT2D eigenvalue weighted by Crippen LogP contribution is 2.25. The molecule has 6 heteroatoms. The molecule has 1 aromatic rings. The molecule has 2 heterocycles. The summed E-state index contributed by atoms with van der Waals surface area (Å²) < 4.78 is 4.64. The van der Waals surface area contributed by atoms with Crippen molar-refractivity contribution in [3.8, 4) is 0 Å². The zero-order chi connectivity index (χ0) is 14.0. The zero-order valence-corrected chi connectivity index (χ0v) is 10.5. The third-order valence-electron chi connectivity index (χ3n) is 3.40. The van der Waals surface area contributed by atoms with E-state index in [1.54, 1.807) is 0 Å². The van der Waals surface area contributed by atoms with Crippen LogP contribution in [-0.2, 0) is 4.79 Å². The van der Waals surface area contributed by atoms with Crippen molar-refractivity contribution in [3.05, 3.63) is 34.4 Å². The highest BCUT2D eigenvalue weighted by atomic mass is 16.4. The Morgan fingerprint density at radius 2 is 2.16 bits per heavy atom. The second-order valence-corrected chi connectivity index (χ2v) is 4.74. The van der Waals surface area contributed by atoms with Gasteiger partial charge in [-0.25, -0.2) is 9.59 Å². The van der Waals surface area contributed by atoms with Crippen molar-refractivity contribution in [2.24, 2.45) is 5.92 Å². The molecule has 19 heavy (non-hydrogen) atoms. The number of carboxylic acids is 1. The van der Waals surface area contributed by atoms with Gasteiger partial charge in [0.25, 0.3) is 5.91 Å². The van der Waals surface area contributed by atoms with Crippen molar-refractivity contribution in [1.82, 2.24) is 4.90 Å². The first kappa shape index (κ1) is 13.3. The van der Waals surface area contributed by atoms with E-state index in [0.29, 0.717) is 6.54 Å². The number of carboxylic acid groups (broad SMARTS) is 1. The molecule has 1 fully saturated rings. The van der Waals surface area contributed by atoms with E-state index in [2.05, 4.69) is 4.42 Å². The van der Waals surface area contributed by atoms with Crippen LogP contribution < -0.4 is 5.63 Å². The van der Waals surface area contributed by atoms with Gasteiger partial charge in [0, 0.05) is 12.6 Å². The van der Waals surface area contributed by atoms with Gasteiger partial charge >= 0.3 is 11.6 Å². The van der Waals surface area contributed by atoms with Crippen LogP contribution in [0.4, 0.5) is 0 Å². The van der Waals surface area contributed by atoms with Crippen LogP contribution >= 0.6 is 0 Å². The summed E-state index contributed by atoms with van der Waals surface area (Å²) in [5.41, 5.74) is -0.349. The number of carbonyl (C=O) groups excluding carboxylic acids is 1. The Labute approximate surface area is 109 Å². The lowest BCUT2D eigenvalue weighted by Crippen LogP contribution is -2.51. The molecule has 0 bridgehead atoms. The number of amides is 1. The van der Waals surface area contributed by atoms with E-state index in [9.17, 15) is 19.5 Å². The lowest BCUT2D eigenvalue weighted by Gasteiger charge is -2.37. The van der Waals surface area contributed by atoms with Gasteiger partial charge in [-0.05, 0) is 24.8 Å². The number of rotatable bonds is 2. The van der Waals surface area contributed by atoms with Crippen LogP contribution in [-0.4, -0.2) is 34.5 Å². The number of likely N-dealkylation sites (tertiary alicyclic amines) is 1. The van der Waals surface area contributed by atoms with Crippen molar-refractivity contribution >= 4 is 11.9 Å². The normalized spacial score (nSPS) is 23.1. The van der Waals surface area contributed by atoms with Crippen LogP contribution in [0.5, 0.6) is 0 Å². The molecular weight excluding hydrogens is 250 g/mol. The van der Waals surface area contributed by atoms with Crippen LogP contribution in [0, 0.1) is 5.92 Å². The van der Waals surface area contributed by atoms with Gasteiger partial charge < -0.3 is 14.4 Å². The smallest absolute Gasteiger partial charge is 0.335 e. The fourth-order valence-electron chi connectivity index (χ4n) is 2.44. The van der Waals surface area contributed by atoms with E-state index < -0.39 is 23.5 Å². The molecule has 1 aliphatic rings. The Morgan fingerprint density at radius 1 is 1.42 bits per heavy atom. The van der Waals surface area contributed by atoms with Gasteiger partial charge in [0.1, 0.15) is 12.3 Å². The predicted molar refractivity (Wildman–Crippen MR) is 65.8 cm³/mol. The first-order chi connectivity index (χ1) is 9.00. The summed E-state index contributed by atoms with van der Waals surface area (Å²) in [6.07, 6.45) is 2.63. The second kappa shape index (κ2) is 5.26. The van der Waals surface area contributed by atoms with E-state index in [0.717, 1.165) is 25.2 Å². The molecule has 0 spiro atoms. The van der Waals surface area contributed by atoms with Crippen molar-refractivity contribution < 1.29 is 19.1 Å². The number of piperidine rings is 1. The summed E-state index contributed by atoms with van der Waals surface area (Å²) in [6, 6.07) is 1.68. The molecule has 6 nitrogen and oxygen atoms in total. The third kappa shape index (κ3) is 2.67. The first-order valence-corrected chi connectivity index (χ1v) is 6.13. The Hall–Kier alpha value is -2.11. The Morgan fingerprint density at radius 3 is 2.74 bits per heavy atom. The fraction of sp³-hybridized carbons (Fsp3) is 0.462. The Balaban J connectivity index is 2.27. The van der Waals surface area contributed by atoms with Crippen molar-refractivity contribution in [1.29, 1.82) is 0 Å². The minimum Gasteiger partial charge on any atom is -0.480 e. The number of aliphatic carboxylic acids is 1. The van der Waals surface area contributed by atoms with Crippen LogP contribution in [0.1, 0.15) is 30.1 Å². The molecule has 2 atom stereocenters. The number of hydrogen-bond acceptors (Lipinski definition) is 4. The standard InChI is InChI=1S/C13H15NO5/c1-8-3-2-6-14(11(8)13(17)18)12(16)9-4-5-10(15)19-7-9/h4-5,7-8,11H,2-3,6H2,1H3,(H,17,18). The summed E-state index contributed by atoms with van der Waals surface area (Å²) in [5.74, 6) is -1.51. The number of hydrogen-bond donors (Lipinski definition) is 1. The molecular formula is C13H15NO5. The number of nitrogens with zero attached hydrogens (tertiary/aromatic N) is 1. The first-order valence-electron chi connectivity index (χ1n) is 6.13. The van der Waals surface area contributed by atoms with Gasteiger partial charge in [0.05, 0.1) is 5.56 Å². The monoisotopic (exact) mass is 265 g/mol. The molecule has 1 amide bonds.